The van der Waals surface area contributed by atoms with Crippen LogP contribution < -0.4 is 14.8 Å². The van der Waals surface area contributed by atoms with Crippen molar-refractivity contribution in [3.63, 3.8) is 0 Å². The van der Waals surface area contributed by atoms with Crippen LogP contribution in [0.25, 0.3) is 0 Å². The molecule has 1 aliphatic rings. The molecule has 1 aliphatic heterocycles. The fourth-order valence-corrected chi connectivity index (χ4v) is 2.39. The molecule has 2 aromatic rings. The van der Waals surface area contributed by atoms with Crippen molar-refractivity contribution in [1.29, 1.82) is 0 Å². The van der Waals surface area contributed by atoms with Gasteiger partial charge in [-0.15, -0.1) is 0 Å². The summed E-state index contributed by atoms with van der Waals surface area (Å²) in [5, 5.41) is 13.6. The van der Waals surface area contributed by atoms with E-state index in [1.165, 1.54) is 0 Å². The van der Waals surface area contributed by atoms with Crippen LogP contribution in [-0.2, 0) is 12.1 Å². The maximum Gasteiger partial charge on any atom is 0.165 e. The molecule has 0 fully saturated rings. The van der Waals surface area contributed by atoms with Gasteiger partial charge in [-0.05, 0) is 25.1 Å². The highest BCUT2D eigenvalue weighted by atomic mass is 16.6. The van der Waals surface area contributed by atoms with Gasteiger partial charge in [-0.2, -0.15) is 0 Å². The first-order valence-corrected chi connectivity index (χ1v) is 7.01. The molecule has 3 rings (SSSR count). The molecular weight excluding hydrogens is 270 g/mol. The average molecular weight is 289 g/mol. The van der Waals surface area contributed by atoms with Gasteiger partial charge >= 0.3 is 0 Å². The molecule has 2 heterocycles. The highest BCUT2D eigenvalue weighted by Crippen LogP contribution is 2.33. The zero-order valence-electron chi connectivity index (χ0n) is 12.0. The Hall–Kier alpha value is -1.98. The van der Waals surface area contributed by atoms with Crippen molar-refractivity contribution < 1.29 is 19.0 Å². The quantitative estimate of drug-likeness (QED) is 0.882. The summed E-state index contributed by atoms with van der Waals surface area (Å²) in [7, 11) is 0. The normalized spacial score (nSPS) is 16.5. The maximum absolute atomic E-state index is 10.4. The lowest BCUT2D eigenvalue weighted by molar-refractivity contribution is 0.0339. The maximum atomic E-state index is 10.4. The minimum Gasteiger partial charge on any atom is -0.486 e. The van der Waals surface area contributed by atoms with Crippen LogP contribution in [0.15, 0.2) is 41.0 Å². The topological polar surface area (TPSA) is 63.9 Å². The van der Waals surface area contributed by atoms with E-state index in [4.69, 9.17) is 13.9 Å². The number of hydrogen-bond donors (Lipinski definition) is 2. The van der Waals surface area contributed by atoms with E-state index in [9.17, 15) is 5.11 Å². The molecule has 0 spiro atoms. The van der Waals surface area contributed by atoms with Crippen LogP contribution in [0.1, 0.15) is 18.2 Å². The monoisotopic (exact) mass is 289 g/mol. The second-order valence-corrected chi connectivity index (χ2v) is 5.30. The molecule has 1 atom stereocenters. The van der Waals surface area contributed by atoms with E-state index in [0.717, 1.165) is 17.1 Å². The van der Waals surface area contributed by atoms with Crippen LogP contribution in [0.2, 0.25) is 0 Å². The Bertz CT molecular complexity index is 592. The number of rotatable bonds is 5. The van der Waals surface area contributed by atoms with Crippen LogP contribution in [0.3, 0.4) is 0 Å². The Morgan fingerprint density at radius 3 is 2.86 bits per heavy atom. The van der Waals surface area contributed by atoms with Crippen molar-refractivity contribution in [1.82, 2.24) is 5.32 Å². The lowest BCUT2D eigenvalue weighted by Gasteiger charge is -2.23. The second kappa shape index (κ2) is 5.79. The molecule has 0 bridgehead atoms. The molecule has 21 heavy (non-hydrogen) atoms. The van der Waals surface area contributed by atoms with Gasteiger partial charge in [-0.3, -0.25) is 0 Å². The summed E-state index contributed by atoms with van der Waals surface area (Å²) in [6.45, 7) is 3.83. The molecule has 1 aromatic heterocycles. The minimum atomic E-state index is -1.05. The van der Waals surface area contributed by atoms with Gasteiger partial charge in [0.25, 0.3) is 0 Å². The third kappa shape index (κ3) is 3.04. The molecule has 112 valence electrons. The summed E-state index contributed by atoms with van der Waals surface area (Å²) in [5.41, 5.74) is -0.0298. The molecule has 5 nitrogen and oxygen atoms in total. The summed E-state index contributed by atoms with van der Waals surface area (Å²) in [6, 6.07) is 9.36. The number of benzene rings is 1. The van der Waals surface area contributed by atoms with Gasteiger partial charge in [-0.25, -0.2) is 0 Å². The Labute approximate surface area is 123 Å². The van der Waals surface area contributed by atoms with Gasteiger partial charge in [0.05, 0.1) is 6.26 Å². The largest absolute Gasteiger partial charge is 0.486 e. The van der Waals surface area contributed by atoms with Gasteiger partial charge in [0.2, 0.25) is 0 Å². The van der Waals surface area contributed by atoms with Crippen LogP contribution in [0.5, 0.6) is 11.5 Å². The van der Waals surface area contributed by atoms with Crippen molar-refractivity contribution in [2.75, 3.05) is 19.8 Å². The number of ether oxygens (including phenoxy) is 2. The predicted molar refractivity (Wildman–Crippen MR) is 77.4 cm³/mol. The average Bonchev–Trinajstić information content (AvgIpc) is 3.02. The molecule has 0 aliphatic carbocycles. The van der Waals surface area contributed by atoms with E-state index in [1.807, 2.05) is 18.2 Å². The molecule has 1 unspecified atom stereocenters. The van der Waals surface area contributed by atoms with Crippen molar-refractivity contribution in [2.24, 2.45) is 0 Å². The SMILES string of the molecule is CC(O)(CNCc1cccc2c1OCCO2)c1ccco1. The number of fused-ring (bicyclic) bond motifs is 1. The lowest BCUT2D eigenvalue weighted by atomic mass is 10.0. The van der Waals surface area contributed by atoms with Crippen LogP contribution in [0.4, 0.5) is 0 Å². The van der Waals surface area contributed by atoms with Gasteiger partial charge in [-0.1, -0.05) is 12.1 Å². The first kappa shape index (κ1) is 14.0. The van der Waals surface area contributed by atoms with E-state index in [0.29, 0.717) is 32.1 Å². The zero-order valence-corrected chi connectivity index (χ0v) is 12.0. The summed E-state index contributed by atoms with van der Waals surface area (Å²) in [5.74, 6) is 2.11. The standard InChI is InChI=1S/C16H19NO4/c1-16(18,14-6-3-7-20-14)11-17-10-12-4-2-5-13-15(12)21-9-8-19-13/h2-7,17-18H,8-11H2,1H3. The number of furan rings is 1. The highest BCUT2D eigenvalue weighted by Gasteiger charge is 2.26. The Morgan fingerprint density at radius 2 is 2.05 bits per heavy atom. The van der Waals surface area contributed by atoms with E-state index in [1.54, 1.807) is 25.3 Å². The van der Waals surface area contributed by atoms with E-state index >= 15 is 0 Å². The fourth-order valence-electron chi connectivity index (χ4n) is 2.39. The van der Waals surface area contributed by atoms with Gasteiger partial charge in [0, 0.05) is 18.7 Å². The number of hydrogen-bond acceptors (Lipinski definition) is 5. The Kier molecular flexibility index (Phi) is 3.86. The van der Waals surface area contributed by atoms with Gasteiger partial charge in [0.15, 0.2) is 11.5 Å². The van der Waals surface area contributed by atoms with E-state index < -0.39 is 5.60 Å². The van der Waals surface area contributed by atoms with E-state index in [2.05, 4.69) is 5.32 Å². The summed E-state index contributed by atoms with van der Waals surface area (Å²) < 4.78 is 16.5. The number of para-hydroxylation sites is 1. The third-order valence-electron chi connectivity index (χ3n) is 3.48. The lowest BCUT2D eigenvalue weighted by Crippen LogP contribution is -2.35. The van der Waals surface area contributed by atoms with E-state index in [-0.39, 0.29) is 0 Å². The Balaban J connectivity index is 1.63. The molecule has 1 aromatic carbocycles. The molecule has 0 saturated heterocycles. The fraction of sp³-hybridized carbons (Fsp3) is 0.375. The molecular formula is C16H19NO4. The first-order chi connectivity index (χ1) is 10.2. The van der Waals surface area contributed by atoms with Gasteiger partial charge in [0.1, 0.15) is 24.6 Å². The highest BCUT2D eigenvalue weighted by molar-refractivity contribution is 5.47. The van der Waals surface area contributed by atoms with Gasteiger partial charge < -0.3 is 24.3 Å². The second-order valence-electron chi connectivity index (χ2n) is 5.30. The molecule has 2 N–H and O–H groups in total. The Morgan fingerprint density at radius 1 is 1.19 bits per heavy atom. The molecule has 5 heteroatoms. The van der Waals surface area contributed by atoms with Crippen molar-refractivity contribution in [2.45, 2.75) is 19.1 Å². The van der Waals surface area contributed by atoms with Crippen molar-refractivity contribution in [3.8, 4) is 11.5 Å². The zero-order chi connectivity index (χ0) is 14.7. The summed E-state index contributed by atoms with van der Waals surface area (Å²) in [6.07, 6.45) is 1.56. The predicted octanol–water partition coefficient (Wildman–Crippen LogP) is 2.05. The smallest absolute Gasteiger partial charge is 0.165 e. The molecule has 0 amide bonds. The van der Waals surface area contributed by atoms with Crippen LogP contribution >= 0.6 is 0 Å². The molecule has 0 radical (unpaired) electrons. The van der Waals surface area contributed by atoms with Crippen LogP contribution in [0, 0.1) is 0 Å². The van der Waals surface area contributed by atoms with Crippen molar-refractivity contribution in [3.05, 3.63) is 47.9 Å². The van der Waals surface area contributed by atoms with Crippen molar-refractivity contribution >= 4 is 0 Å². The first-order valence-electron chi connectivity index (χ1n) is 7.01. The third-order valence-corrected chi connectivity index (χ3v) is 3.48. The minimum absolute atomic E-state index is 0.380. The summed E-state index contributed by atoms with van der Waals surface area (Å²) >= 11 is 0. The number of aliphatic hydroxyl groups is 1. The number of nitrogens with one attached hydrogen (secondary N) is 1. The van der Waals surface area contributed by atoms with Crippen LogP contribution in [-0.4, -0.2) is 24.9 Å². The summed E-state index contributed by atoms with van der Waals surface area (Å²) in [4.78, 5) is 0. The molecule has 0 saturated carbocycles.